The van der Waals surface area contributed by atoms with Crippen molar-refractivity contribution in [3.05, 3.63) is 47.3 Å². The number of hydrogen-bond donors (Lipinski definition) is 2. The topological polar surface area (TPSA) is 67.5 Å². The summed E-state index contributed by atoms with van der Waals surface area (Å²) < 4.78 is 10.7. The average Bonchev–Trinajstić information content (AvgIpc) is 2.95. The van der Waals surface area contributed by atoms with Crippen molar-refractivity contribution in [2.75, 3.05) is 13.2 Å². The molecule has 0 amide bonds. The highest BCUT2D eigenvalue weighted by molar-refractivity contribution is 5.67. The van der Waals surface area contributed by atoms with Gasteiger partial charge in [0.15, 0.2) is 5.76 Å². The van der Waals surface area contributed by atoms with E-state index in [2.05, 4.69) is 10.5 Å². The van der Waals surface area contributed by atoms with E-state index in [1.165, 1.54) is 0 Å². The Bertz CT molecular complexity index is 617. The summed E-state index contributed by atoms with van der Waals surface area (Å²) in [6, 6.07) is 9.90. The number of ether oxygens (including phenoxy) is 1. The fourth-order valence-electron chi connectivity index (χ4n) is 1.94. The number of aryl methyl sites for hydroxylation is 1. The van der Waals surface area contributed by atoms with Gasteiger partial charge in [-0.15, -0.1) is 0 Å². The number of hydrogen-bond acceptors (Lipinski definition) is 5. The van der Waals surface area contributed by atoms with Crippen LogP contribution in [0.2, 0.25) is 0 Å². The maximum Gasteiger partial charge on any atom is 0.159 e. The molecule has 0 bridgehead atoms. The van der Waals surface area contributed by atoms with E-state index in [-0.39, 0.29) is 6.61 Å². The summed E-state index contributed by atoms with van der Waals surface area (Å²) >= 11 is 0. The zero-order valence-electron chi connectivity index (χ0n) is 13.8. The average molecular weight is 316 g/mol. The third-order valence-corrected chi connectivity index (χ3v) is 3.17. The van der Waals surface area contributed by atoms with E-state index in [4.69, 9.17) is 9.26 Å². The lowest BCUT2D eigenvalue weighted by molar-refractivity contribution is 0.104. The summed E-state index contributed by atoms with van der Waals surface area (Å²) in [5.74, 6) is 1.46. The second-order valence-electron chi connectivity index (χ2n) is 5.80. The monoisotopic (exact) mass is 316 g/mol. The first-order valence-electron chi connectivity index (χ1n) is 7.78. The number of rotatable bonds is 8. The van der Waals surface area contributed by atoms with Crippen LogP contribution in [0.4, 0.5) is 0 Å². The van der Waals surface area contributed by atoms with Crippen LogP contribution in [0.3, 0.4) is 0 Å². The lowest BCUT2D eigenvalue weighted by atomic mass is 10.2. The molecule has 5 nitrogen and oxygen atoms in total. The van der Waals surface area contributed by atoms with E-state index in [1.807, 2.05) is 63.3 Å². The third-order valence-electron chi connectivity index (χ3n) is 3.17. The molecular formula is C18H24N2O3. The smallest absolute Gasteiger partial charge is 0.159 e. The SMILES string of the molecule is Cc1cc(/C=C/c2ccc(OC[C@@H](O)CNC(C)C)cc2)on1. The van der Waals surface area contributed by atoms with E-state index in [0.29, 0.717) is 12.6 Å². The molecule has 1 heterocycles. The molecule has 0 spiro atoms. The van der Waals surface area contributed by atoms with Gasteiger partial charge in [0, 0.05) is 18.7 Å². The lowest BCUT2D eigenvalue weighted by Crippen LogP contribution is -2.35. The Morgan fingerprint density at radius 2 is 2.00 bits per heavy atom. The van der Waals surface area contributed by atoms with E-state index >= 15 is 0 Å². The zero-order valence-corrected chi connectivity index (χ0v) is 13.8. The van der Waals surface area contributed by atoms with E-state index in [9.17, 15) is 5.11 Å². The molecule has 0 unspecified atom stereocenters. The number of aliphatic hydroxyl groups excluding tert-OH is 1. The molecule has 1 atom stereocenters. The first kappa shape index (κ1) is 17.2. The van der Waals surface area contributed by atoms with Crippen molar-refractivity contribution >= 4 is 12.2 Å². The number of nitrogens with one attached hydrogen (secondary N) is 1. The van der Waals surface area contributed by atoms with Crippen LogP contribution in [-0.2, 0) is 0 Å². The van der Waals surface area contributed by atoms with Gasteiger partial charge in [0.25, 0.3) is 0 Å². The van der Waals surface area contributed by atoms with Gasteiger partial charge in [-0.2, -0.15) is 0 Å². The highest BCUT2D eigenvalue weighted by atomic mass is 16.5. The van der Waals surface area contributed by atoms with Gasteiger partial charge in [-0.1, -0.05) is 37.2 Å². The van der Waals surface area contributed by atoms with Gasteiger partial charge in [0.05, 0.1) is 5.69 Å². The highest BCUT2D eigenvalue weighted by Gasteiger charge is 2.05. The van der Waals surface area contributed by atoms with Crippen LogP contribution in [0.15, 0.2) is 34.9 Å². The van der Waals surface area contributed by atoms with Crippen LogP contribution < -0.4 is 10.1 Å². The van der Waals surface area contributed by atoms with Crippen molar-refractivity contribution in [1.82, 2.24) is 10.5 Å². The zero-order chi connectivity index (χ0) is 16.7. The summed E-state index contributed by atoms with van der Waals surface area (Å²) in [5, 5.41) is 16.8. The van der Waals surface area contributed by atoms with Crippen LogP contribution in [0.25, 0.3) is 12.2 Å². The van der Waals surface area contributed by atoms with E-state index in [1.54, 1.807) is 0 Å². The maximum absolute atomic E-state index is 9.81. The van der Waals surface area contributed by atoms with Crippen molar-refractivity contribution in [2.45, 2.75) is 32.9 Å². The van der Waals surface area contributed by atoms with E-state index < -0.39 is 6.10 Å². The number of benzene rings is 1. The Labute approximate surface area is 137 Å². The Morgan fingerprint density at radius 1 is 1.26 bits per heavy atom. The fourth-order valence-corrected chi connectivity index (χ4v) is 1.94. The molecule has 0 radical (unpaired) electrons. The van der Waals surface area contributed by atoms with Crippen molar-refractivity contribution in [3.63, 3.8) is 0 Å². The Balaban J connectivity index is 1.81. The quantitative estimate of drug-likeness (QED) is 0.784. The summed E-state index contributed by atoms with van der Waals surface area (Å²) in [4.78, 5) is 0. The van der Waals surface area contributed by atoms with Crippen LogP contribution >= 0.6 is 0 Å². The molecule has 0 aliphatic heterocycles. The van der Waals surface area contributed by atoms with Gasteiger partial charge in [-0.05, 0) is 30.7 Å². The summed E-state index contributed by atoms with van der Waals surface area (Å²) in [7, 11) is 0. The number of nitrogens with zero attached hydrogens (tertiary/aromatic N) is 1. The van der Waals surface area contributed by atoms with Gasteiger partial charge < -0.3 is 19.7 Å². The highest BCUT2D eigenvalue weighted by Crippen LogP contribution is 2.15. The standard InChI is InChI=1S/C18H24N2O3/c1-13(2)19-11-16(21)12-22-17-7-4-15(5-8-17)6-9-18-10-14(3)20-23-18/h4-10,13,16,19,21H,11-12H2,1-3H3/b9-6+/t16-/m0/s1. The Morgan fingerprint density at radius 3 is 2.61 bits per heavy atom. The predicted octanol–water partition coefficient (Wildman–Crippen LogP) is 2.89. The molecule has 2 aromatic rings. The summed E-state index contributed by atoms with van der Waals surface area (Å²) in [6.45, 7) is 6.76. The van der Waals surface area contributed by atoms with Crippen LogP contribution in [-0.4, -0.2) is 35.6 Å². The molecule has 0 fully saturated rings. The molecule has 23 heavy (non-hydrogen) atoms. The molecule has 2 N–H and O–H groups in total. The van der Waals surface area contributed by atoms with Gasteiger partial charge in [0.1, 0.15) is 18.5 Å². The summed E-state index contributed by atoms with van der Waals surface area (Å²) in [6.07, 6.45) is 3.30. The molecule has 0 aliphatic carbocycles. The predicted molar refractivity (Wildman–Crippen MR) is 91.3 cm³/mol. The molecular weight excluding hydrogens is 292 g/mol. The molecule has 124 valence electrons. The molecule has 1 aromatic carbocycles. The molecule has 0 aliphatic rings. The third kappa shape index (κ3) is 6.26. The number of aliphatic hydroxyl groups is 1. The van der Waals surface area contributed by atoms with Gasteiger partial charge in [-0.3, -0.25) is 0 Å². The molecule has 5 heteroatoms. The molecule has 2 rings (SSSR count). The van der Waals surface area contributed by atoms with E-state index in [0.717, 1.165) is 22.8 Å². The van der Waals surface area contributed by atoms with Crippen molar-refractivity contribution < 1.29 is 14.4 Å². The van der Waals surface area contributed by atoms with Crippen LogP contribution in [0.5, 0.6) is 5.75 Å². The second kappa shape index (κ2) is 8.50. The van der Waals surface area contributed by atoms with Gasteiger partial charge >= 0.3 is 0 Å². The van der Waals surface area contributed by atoms with Gasteiger partial charge in [-0.25, -0.2) is 0 Å². The van der Waals surface area contributed by atoms with Gasteiger partial charge in [0.2, 0.25) is 0 Å². The minimum Gasteiger partial charge on any atom is -0.491 e. The first-order chi connectivity index (χ1) is 11.0. The van der Waals surface area contributed by atoms with Crippen molar-refractivity contribution in [3.8, 4) is 5.75 Å². The largest absolute Gasteiger partial charge is 0.491 e. The minimum atomic E-state index is -0.522. The van der Waals surface area contributed by atoms with Crippen LogP contribution in [0, 0.1) is 6.92 Å². The second-order valence-corrected chi connectivity index (χ2v) is 5.80. The normalized spacial score (nSPS) is 12.9. The molecule has 0 saturated carbocycles. The minimum absolute atomic E-state index is 0.270. The van der Waals surface area contributed by atoms with Crippen molar-refractivity contribution in [2.24, 2.45) is 0 Å². The maximum atomic E-state index is 9.81. The molecule has 0 saturated heterocycles. The summed E-state index contributed by atoms with van der Waals surface area (Å²) in [5.41, 5.74) is 1.90. The Kier molecular flexibility index (Phi) is 6.38. The molecule has 1 aromatic heterocycles. The lowest BCUT2D eigenvalue weighted by Gasteiger charge is -2.15. The van der Waals surface area contributed by atoms with Crippen LogP contribution in [0.1, 0.15) is 30.9 Å². The Hall–Kier alpha value is -2.11. The first-order valence-corrected chi connectivity index (χ1v) is 7.78. The fraction of sp³-hybridized carbons (Fsp3) is 0.389. The number of aromatic nitrogens is 1. The van der Waals surface area contributed by atoms with Crippen molar-refractivity contribution in [1.29, 1.82) is 0 Å².